The van der Waals surface area contributed by atoms with Gasteiger partial charge in [0.1, 0.15) is 23.0 Å². The molecule has 0 saturated heterocycles. The number of benzene rings is 2. The number of ether oxygens (including phenoxy) is 5. The van der Waals surface area contributed by atoms with Crippen LogP contribution >= 0.6 is 0 Å². The summed E-state index contributed by atoms with van der Waals surface area (Å²) < 4.78 is 27.2. The van der Waals surface area contributed by atoms with Crippen molar-refractivity contribution in [1.29, 1.82) is 0 Å². The molecule has 0 aromatic heterocycles. The Morgan fingerprint density at radius 2 is 1.87 bits per heavy atom. The molecule has 0 amide bonds. The number of carbonyl (C=O) groups excluding carboxylic acids is 2. The summed E-state index contributed by atoms with van der Waals surface area (Å²) in [5.41, 5.74) is 1.70. The molecule has 0 bridgehead atoms. The summed E-state index contributed by atoms with van der Waals surface area (Å²) in [7, 11) is 3.11. The van der Waals surface area contributed by atoms with Crippen molar-refractivity contribution in [1.82, 2.24) is 0 Å². The molecule has 0 saturated carbocycles. The van der Waals surface area contributed by atoms with Gasteiger partial charge in [-0.15, -0.1) is 0 Å². The SMILES string of the molecule is CCOC(=O)C(C)Oc1ccc2c(c1C)O/C(=C\c1cc(OC)ccc1OC)C2=O. The molecule has 158 valence electrons. The smallest absolute Gasteiger partial charge is 0.347 e. The highest BCUT2D eigenvalue weighted by molar-refractivity contribution is 6.15. The van der Waals surface area contributed by atoms with E-state index in [-0.39, 0.29) is 18.1 Å². The molecule has 7 nitrogen and oxygen atoms in total. The maximum absolute atomic E-state index is 12.9. The Balaban J connectivity index is 1.91. The van der Waals surface area contributed by atoms with E-state index in [0.29, 0.717) is 39.7 Å². The van der Waals surface area contributed by atoms with Crippen LogP contribution in [0.3, 0.4) is 0 Å². The van der Waals surface area contributed by atoms with Gasteiger partial charge in [0.25, 0.3) is 0 Å². The van der Waals surface area contributed by atoms with Crippen LogP contribution in [-0.4, -0.2) is 38.7 Å². The lowest BCUT2D eigenvalue weighted by molar-refractivity contribution is -0.150. The molecule has 0 aliphatic carbocycles. The van der Waals surface area contributed by atoms with E-state index in [1.807, 2.05) is 0 Å². The molecule has 2 aromatic carbocycles. The van der Waals surface area contributed by atoms with Gasteiger partial charge in [-0.2, -0.15) is 0 Å². The summed E-state index contributed by atoms with van der Waals surface area (Å²) in [6.45, 7) is 5.39. The molecular formula is C23H24O7. The fourth-order valence-corrected chi connectivity index (χ4v) is 3.09. The molecule has 0 N–H and O–H groups in total. The summed E-state index contributed by atoms with van der Waals surface area (Å²) >= 11 is 0. The van der Waals surface area contributed by atoms with E-state index in [2.05, 4.69) is 0 Å². The summed E-state index contributed by atoms with van der Waals surface area (Å²) in [5, 5.41) is 0. The topological polar surface area (TPSA) is 80.3 Å². The molecule has 1 atom stereocenters. The van der Waals surface area contributed by atoms with Gasteiger partial charge in [-0.05, 0) is 57.2 Å². The Bertz CT molecular complexity index is 1010. The number of hydrogen-bond donors (Lipinski definition) is 0. The van der Waals surface area contributed by atoms with E-state index in [1.54, 1.807) is 71.4 Å². The predicted molar refractivity (Wildman–Crippen MR) is 110 cm³/mol. The van der Waals surface area contributed by atoms with Gasteiger partial charge in [-0.1, -0.05) is 0 Å². The van der Waals surface area contributed by atoms with Crippen LogP contribution in [0.5, 0.6) is 23.0 Å². The second-order valence-electron chi connectivity index (χ2n) is 6.63. The molecule has 1 unspecified atom stereocenters. The minimum absolute atomic E-state index is 0.162. The van der Waals surface area contributed by atoms with Gasteiger partial charge in [-0.3, -0.25) is 4.79 Å². The third kappa shape index (κ3) is 4.10. The molecule has 3 rings (SSSR count). The van der Waals surface area contributed by atoms with Crippen LogP contribution in [0.4, 0.5) is 0 Å². The third-order valence-corrected chi connectivity index (χ3v) is 4.68. The maximum Gasteiger partial charge on any atom is 0.347 e. The minimum Gasteiger partial charge on any atom is -0.497 e. The fraction of sp³-hybridized carbons (Fsp3) is 0.304. The van der Waals surface area contributed by atoms with Crippen LogP contribution in [-0.2, 0) is 9.53 Å². The molecule has 1 aliphatic rings. The van der Waals surface area contributed by atoms with Crippen LogP contribution < -0.4 is 18.9 Å². The number of methoxy groups -OCH3 is 2. The fourth-order valence-electron chi connectivity index (χ4n) is 3.09. The van der Waals surface area contributed by atoms with Crippen molar-refractivity contribution in [2.24, 2.45) is 0 Å². The number of esters is 1. The van der Waals surface area contributed by atoms with E-state index in [4.69, 9.17) is 23.7 Å². The van der Waals surface area contributed by atoms with Gasteiger partial charge < -0.3 is 23.7 Å². The maximum atomic E-state index is 12.9. The Morgan fingerprint density at radius 1 is 1.13 bits per heavy atom. The van der Waals surface area contributed by atoms with Crippen molar-refractivity contribution >= 4 is 17.8 Å². The monoisotopic (exact) mass is 412 g/mol. The lowest BCUT2D eigenvalue weighted by Gasteiger charge is -2.16. The zero-order chi connectivity index (χ0) is 21.8. The van der Waals surface area contributed by atoms with Crippen LogP contribution in [0.15, 0.2) is 36.1 Å². The Kier molecular flexibility index (Phi) is 6.30. The molecule has 30 heavy (non-hydrogen) atoms. The normalized spacial score (nSPS) is 14.7. The van der Waals surface area contributed by atoms with Crippen molar-refractivity contribution < 1.29 is 33.3 Å². The van der Waals surface area contributed by atoms with Crippen molar-refractivity contribution in [3.05, 3.63) is 52.8 Å². The first-order valence-electron chi connectivity index (χ1n) is 9.52. The zero-order valence-corrected chi connectivity index (χ0v) is 17.6. The van der Waals surface area contributed by atoms with E-state index < -0.39 is 12.1 Å². The molecule has 2 aromatic rings. The number of hydrogen-bond acceptors (Lipinski definition) is 7. The molecule has 0 spiro atoms. The van der Waals surface area contributed by atoms with Crippen molar-refractivity contribution in [3.63, 3.8) is 0 Å². The van der Waals surface area contributed by atoms with Gasteiger partial charge in [-0.25, -0.2) is 4.79 Å². The summed E-state index contributed by atoms with van der Waals surface area (Å²) in [6, 6.07) is 8.56. The number of carbonyl (C=O) groups is 2. The molecule has 7 heteroatoms. The van der Waals surface area contributed by atoms with Gasteiger partial charge in [0, 0.05) is 11.1 Å². The second kappa shape index (κ2) is 8.90. The van der Waals surface area contributed by atoms with Crippen molar-refractivity contribution in [3.8, 4) is 23.0 Å². The number of ketones is 1. The van der Waals surface area contributed by atoms with Crippen LogP contribution in [0, 0.1) is 6.92 Å². The van der Waals surface area contributed by atoms with Crippen LogP contribution in [0.2, 0.25) is 0 Å². The van der Waals surface area contributed by atoms with Gasteiger partial charge in [0.15, 0.2) is 11.9 Å². The lowest BCUT2D eigenvalue weighted by Crippen LogP contribution is -2.26. The minimum atomic E-state index is -0.783. The number of allylic oxidation sites excluding steroid dienone is 1. The first-order valence-corrected chi connectivity index (χ1v) is 9.52. The number of fused-ring (bicyclic) bond motifs is 1. The van der Waals surface area contributed by atoms with Crippen molar-refractivity contribution in [2.45, 2.75) is 26.9 Å². The van der Waals surface area contributed by atoms with E-state index >= 15 is 0 Å². The first kappa shape index (κ1) is 21.2. The third-order valence-electron chi connectivity index (χ3n) is 4.68. The van der Waals surface area contributed by atoms with Crippen molar-refractivity contribution in [2.75, 3.05) is 20.8 Å². The highest BCUT2D eigenvalue weighted by atomic mass is 16.6. The highest BCUT2D eigenvalue weighted by Gasteiger charge is 2.31. The first-order chi connectivity index (χ1) is 14.4. The highest BCUT2D eigenvalue weighted by Crippen LogP contribution is 2.40. The predicted octanol–water partition coefficient (Wildman–Crippen LogP) is 3.96. The number of rotatable bonds is 7. The summed E-state index contributed by atoms with van der Waals surface area (Å²) in [4.78, 5) is 24.7. The molecule has 0 fully saturated rings. The van der Waals surface area contributed by atoms with Crippen LogP contribution in [0.1, 0.15) is 35.3 Å². The zero-order valence-electron chi connectivity index (χ0n) is 17.6. The standard InChI is InChI=1S/C23H24O7/c1-6-28-23(25)14(3)29-18-10-8-17-21(24)20(30-22(17)13(18)2)12-15-11-16(26-4)7-9-19(15)27-5/h7-12,14H,6H2,1-5H3/b20-12-. The average Bonchev–Trinajstić information content (AvgIpc) is 3.06. The largest absolute Gasteiger partial charge is 0.497 e. The quantitative estimate of drug-likeness (QED) is 0.503. The number of Topliss-reactive ketones (excluding diaryl/α,β-unsaturated/α-hetero) is 1. The van der Waals surface area contributed by atoms with E-state index in [1.165, 1.54) is 0 Å². The summed E-state index contributed by atoms with van der Waals surface area (Å²) in [6.07, 6.45) is 0.833. The van der Waals surface area contributed by atoms with Crippen LogP contribution in [0.25, 0.3) is 6.08 Å². The van der Waals surface area contributed by atoms with Gasteiger partial charge >= 0.3 is 5.97 Å². The Morgan fingerprint density at radius 3 is 2.53 bits per heavy atom. The lowest BCUT2D eigenvalue weighted by atomic mass is 10.1. The Hall–Kier alpha value is -3.48. The van der Waals surface area contributed by atoms with E-state index in [9.17, 15) is 9.59 Å². The molecule has 1 heterocycles. The second-order valence-corrected chi connectivity index (χ2v) is 6.63. The average molecular weight is 412 g/mol. The molecular weight excluding hydrogens is 388 g/mol. The summed E-state index contributed by atoms with van der Waals surface area (Å²) in [5.74, 6) is 1.52. The van der Waals surface area contributed by atoms with Gasteiger partial charge in [0.05, 0.1) is 26.4 Å². The Labute approximate surface area is 175 Å². The van der Waals surface area contributed by atoms with Gasteiger partial charge in [0.2, 0.25) is 5.78 Å². The van der Waals surface area contributed by atoms with E-state index in [0.717, 1.165) is 0 Å². The molecule has 1 aliphatic heterocycles. The molecule has 0 radical (unpaired) electrons.